The second kappa shape index (κ2) is 12.4. The molecule has 0 aromatic rings. The summed E-state index contributed by atoms with van der Waals surface area (Å²) in [4.78, 5) is 0. The second-order valence-corrected chi connectivity index (χ2v) is 19.6. The minimum atomic E-state index is -2.32. The fourth-order valence-corrected chi connectivity index (χ4v) is 19.3. The zero-order chi connectivity index (χ0) is 25.3. The Morgan fingerprint density at radius 3 is 1.16 bits per heavy atom. The van der Waals surface area contributed by atoms with Crippen molar-refractivity contribution in [2.45, 2.75) is 0 Å². The first kappa shape index (κ1) is 31.1. The van der Waals surface area contributed by atoms with Gasteiger partial charge in [-0.3, -0.25) is 23.4 Å². The van der Waals surface area contributed by atoms with Gasteiger partial charge >= 0.3 is 0 Å². The Labute approximate surface area is 202 Å². The summed E-state index contributed by atoms with van der Waals surface area (Å²) in [5, 5.41) is 6.74. The van der Waals surface area contributed by atoms with Crippen molar-refractivity contribution in [1.29, 1.82) is 0 Å². The molecule has 0 radical (unpaired) electrons. The molecule has 1 rings (SSSR count). The lowest BCUT2D eigenvalue weighted by molar-refractivity contribution is 0.143. The van der Waals surface area contributed by atoms with Crippen molar-refractivity contribution in [2.24, 2.45) is 4.52 Å². The van der Waals surface area contributed by atoms with Crippen LogP contribution in [0.25, 0.3) is 0 Å². The van der Waals surface area contributed by atoms with Gasteiger partial charge in [0.05, 0.1) is 0 Å². The summed E-state index contributed by atoms with van der Waals surface area (Å²) >= 11 is 0. The molecule has 0 aromatic carbocycles. The Bertz CT molecular complexity index is 631. The van der Waals surface area contributed by atoms with E-state index < -0.39 is 32.6 Å². The molecule has 1 aliphatic heterocycles. The standard InChI is InChI=1S/C16H48N12P4/c1-18(2)26-29(21(7)8)17-32(24(13)14,25(15)16)28(20(5)6)31(23(11)12)27(19(3)4)30(26)22(9)10/h1-16H3. The molecule has 32 heavy (non-hydrogen) atoms. The van der Waals surface area contributed by atoms with E-state index in [1.807, 2.05) is 0 Å². The highest BCUT2D eigenvalue weighted by atomic mass is 31.3. The predicted molar refractivity (Wildman–Crippen MR) is 145 cm³/mol. The van der Waals surface area contributed by atoms with Crippen LogP contribution in [0.15, 0.2) is 4.52 Å². The summed E-state index contributed by atoms with van der Waals surface area (Å²) in [5.41, 5.74) is 0. The third kappa shape index (κ3) is 6.07. The molecule has 0 saturated carbocycles. The van der Waals surface area contributed by atoms with Crippen molar-refractivity contribution >= 4 is 32.6 Å². The van der Waals surface area contributed by atoms with Crippen LogP contribution in [0, 0.1) is 0 Å². The first-order chi connectivity index (χ1) is 14.5. The highest BCUT2D eigenvalue weighted by molar-refractivity contribution is 7.81. The monoisotopic (exact) mass is 532 g/mol. The Morgan fingerprint density at radius 1 is 0.500 bits per heavy atom. The summed E-state index contributed by atoms with van der Waals surface area (Å²) in [7, 11) is 29.3. The quantitative estimate of drug-likeness (QED) is 0.434. The Hall–Kier alpha value is 1.08. The average molecular weight is 533 g/mol. The fourth-order valence-electron chi connectivity index (χ4n) is 3.33. The van der Waals surface area contributed by atoms with Gasteiger partial charge in [-0.05, 0) is 70.5 Å². The largest absolute Gasteiger partial charge is 0.261 e. The molecule has 0 amide bonds. The molecule has 0 N–H and O–H groups in total. The topological polar surface area (TPSA) is 48.0 Å². The van der Waals surface area contributed by atoms with E-state index in [0.29, 0.717) is 0 Å². The van der Waals surface area contributed by atoms with Crippen LogP contribution in [-0.2, 0) is 0 Å². The van der Waals surface area contributed by atoms with E-state index in [0.717, 1.165) is 0 Å². The van der Waals surface area contributed by atoms with Gasteiger partial charge in [0.1, 0.15) is 0 Å². The van der Waals surface area contributed by atoms with Gasteiger partial charge in [-0.1, -0.05) is 0 Å². The van der Waals surface area contributed by atoms with E-state index >= 15 is 0 Å². The maximum atomic E-state index is 5.79. The summed E-state index contributed by atoms with van der Waals surface area (Å²) < 4.78 is 25.0. The molecule has 0 spiro atoms. The summed E-state index contributed by atoms with van der Waals surface area (Å²) in [5.74, 6) is 0. The molecule has 12 nitrogen and oxygen atoms in total. The molecule has 1 heterocycles. The van der Waals surface area contributed by atoms with Crippen molar-refractivity contribution in [2.75, 3.05) is 113 Å². The fraction of sp³-hybridized carbons (Fsp3) is 1.00. The molecule has 3 unspecified atom stereocenters. The highest BCUT2D eigenvalue weighted by Gasteiger charge is 2.53. The summed E-state index contributed by atoms with van der Waals surface area (Å²) in [6.07, 6.45) is 0. The third-order valence-electron chi connectivity index (χ3n) is 4.46. The van der Waals surface area contributed by atoms with Gasteiger partial charge in [0.15, 0.2) is 32.6 Å². The van der Waals surface area contributed by atoms with Gasteiger partial charge in [-0.2, -0.15) is 0 Å². The van der Waals surface area contributed by atoms with Gasteiger partial charge < -0.3 is 0 Å². The lowest BCUT2D eigenvalue weighted by atomic mass is 11.2. The van der Waals surface area contributed by atoms with Crippen LogP contribution in [0.3, 0.4) is 0 Å². The third-order valence-corrected chi connectivity index (χ3v) is 17.7. The zero-order valence-electron chi connectivity index (χ0n) is 23.2. The number of nitrogens with zero attached hydrogens (tertiary/aromatic N) is 12. The Balaban J connectivity index is 4.29. The van der Waals surface area contributed by atoms with E-state index in [1.165, 1.54) is 0 Å². The minimum Gasteiger partial charge on any atom is -0.261 e. The number of hydrazine groups is 3. The van der Waals surface area contributed by atoms with Gasteiger partial charge in [-0.25, -0.2) is 19.5 Å². The van der Waals surface area contributed by atoms with Crippen LogP contribution < -0.4 is 0 Å². The van der Waals surface area contributed by atoms with E-state index in [4.69, 9.17) is 4.52 Å². The summed E-state index contributed by atoms with van der Waals surface area (Å²) in [6.45, 7) is 0. The molecule has 3 atom stereocenters. The summed E-state index contributed by atoms with van der Waals surface area (Å²) in [6, 6.07) is 0. The Morgan fingerprint density at radius 2 is 0.906 bits per heavy atom. The highest BCUT2D eigenvalue weighted by Crippen LogP contribution is 2.80. The van der Waals surface area contributed by atoms with Crippen molar-refractivity contribution in [3.8, 4) is 0 Å². The van der Waals surface area contributed by atoms with Crippen molar-refractivity contribution in [1.82, 2.24) is 52.0 Å². The lowest BCUT2D eigenvalue weighted by Crippen LogP contribution is -2.51. The van der Waals surface area contributed by atoms with E-state index in [2.05, 4.69) is 165 Å². The number of hydrogen-bond acceptors (Lipinski definition) is 12. The smallest absolute Gasteiger partial charge is 0.192 e. The molecular weight excluding hydrogens is 484 g/mol. The van der Waals surface area contributed by atoms with Crippen LogP contribution in [0.5, 0.6) is 0 Å². The SMILES string of the molecule is CN(C)N1P(N(C)C)N=P(N(C)C)(N(C)C)N(N(C)C)P(N(C)C)N(N(C)C)P1N(C)C. The molecular formula is C16H48N12P4. The van der Waals surface area contributed by atoms with Gasteiger partial charge in [-0.15, -0.1) is 13.6 Å². The molecule has 0 fully saturated rings. The van der Waals surface area contributed by atoms with Gasteiger partial charge in [0.2, 0.25) is 0 Å². The number of rotatable bonds is 8. The molecule has 1 aliphatic rings. The van der Waals surface area contributed by atoms with Gasteiger partial charge in [0.25, 0.3) is 0 Å². The van der Waals surface area contributed by atoms with E-state index in [-0.39, 0.29) is 0 Å². The van der Waals surface area contributed by atoms with Crippen molar-refractivity contribution in [3.63, 3.8) is 0 Å². The number of hydrogen-bond donors (Lipinski definition) is 0. The van der Waals surface area contributed by atoms with Crippen LogP contribution >= 0.6 is 32.6 Å². The maximum Gasteiger partial charge on any atom is 0.192 e. The van der Waals surface area contributed by atoms with Crippen LogP contribution in [0.4, 0.5) is 0 Å². The molecule has 192 valence electrons. The molecule has 0 aliphatic carbocycles. The van der Waals surface area contributed by atoms with Crippen molar-refractivity contribution in [3.05, 3.63) is 0 Å². The van der Waals surface area contributed by atoms with Crippen molar-refractivity contribution < 1.29 is 0 Å². The van der Waals surface area contributed by atoms with Gasteiger partial charge in [0, 0.05) is 42.3 Å². The first-order valence-corrected chi connectivity index (χ1v) is 15.6. The second-order valence-electron chi connectivity index (χ2n) is 9.01. The van der Waals surface area contributed by atoms with Crippen LogP contribution in [0.2, 0.25) is 0 Å². The normalized spacial score (nSPS) is 26.9. The molecule has 16 heteroatoms. The predicted octanol–water partition coefficient (Wildman–Crippen LogP) is 2.77. The van der Waals surface area contributed by atoms with Crippen LogP contribution in [-0.4, -0.2) is 165 Å². The minimum absolute atomic E-state index is 0.910. The maximum absolute atomic E-state index is 5.79. The first-order valence-electron chi connectivity index (χ1n) is 10.4. The zero-order valence-corrected chi connectivity index (χ0v) is 26.7. The van der Waals surface area contributed by atoms with E-state index in [1.54, 1.807) is 0 Å². The average Bonchev–Trinajstić information content (AvgIpc) is 2.58. The molecule has 0 aromatic heterocycles. The van der Waals surface area contributed by atoms with E-state index in [9.17, 15) is 0 Å². The Kier molecular flexibility index (Phi) is 12.0. The van der Waals surface area contributed by atoms with Crippen LogP contribution in [0.1, 0.15) is 0 Å². The molecule has 0 saturated heterocycles. The molecule has 0 bridgehead atoms. The lowest BCUT2D eigenvalue weighted by Gasteiger charge is -2.59.